The fourth-order valence-electron chi connectivity index (χ4n) is 2.25. The predicted molar refractivity (Wildman–Crippen MR) is 90.2 cm³/mol. The van der Waals surface area contributed by atoms with Crippen molar-refractivity contribution in [3.8, 4) is 17.1 Å². The first-order valence-corrected chi connectivity index (χ1v) is 7.39. The van der Waals surface area contributed by atoms with Gasteiger partial charge in [0.15, 0.2) is 5.69 Å². The number of nitrogens with one attached hydrogen (secondary N) is 1. The van der Waals surface area contributed by atoms with Crippen LogP contribution in [-0.4, -0.2) is 44.7 Å². The molecule has 0 fully saturated rings. The number of hydrogen-bond acceptors (Lipinski definition) is 4. The highest BCUT2D eigenvalue weighted by Gasteiger charge is 2.18. The molecule has 3 heterocycles. The highest BCUT2D eigenvalue weighted by molar-refractivity contribution is 5.93. The maximum Gasteiger partial charge on any atom is 0.273 e. The van der Waals surface area contributed by atoms with Crippen LogP contribution < -0.4 is 5.56 Å². The van der Waals surface area contributed by atoms with Crippen LogP contribution in [-0.2, 0) is 0 Å². The minimum absolute atomic E-state index is 0.202. The third kappa shape index (κ3) is 2.96. The summed E-state index contributed by atoms with van der Waals surface area (Å²) >= 11 is 0. The number of amides is 1. The monoisotopic (exact) mass is 323 g/mol. The van der Waals surface area contributed by atoms with Crippen molar-refractivity contribution in [2.24, 2.45) is 0 Å². The second-order valence-electron chi connectivity index (χ2n) is 5.66. The van der Waals surface area contributed by atoms with E-state index in [0.29, 0.717) is 22.8 Å². The number of pyridine rings is 2. The Balaban J connectivity index is 2.18. The Hall–Kier alpha value is -3.22. The van der Waals surface area contributed by atoms with Crippen LogP contribution in [0.4, 0.5) is 0 Å². The molecular formula is C17H17N5O2. The van der Waals surface area contributed by atoms with Crippen molar-refractivity contribution >= 4 is 5.91 Å². The van der Waals surface area contributed by atoms with Gasteiger partial charge in [-0.05, 0) is 30.7 Å². The van der Waals surface area contributed by atoms with Gasteiger partial charge in [0, 0.05) is 32.6 Å². The van der Waals surface area contributed by atoms with Crippen LogP contribution in [0.3, 0.4) is 0 Å². The number of nitrogens with zero attached hydrogens (tertiary/aromatic N) is 4. The zero-order valence-corrected chi connectivity index (χ0v) is 13.6. The van der Waals surface area contributed by atoms with Crippen LogP contribution in [0.2, 0.25) is 0 Å². The molecule has 1 amide bonds. The van der Waals surface area contributed by atoms with Gasteiger partial charge in [0.25, 0.3) is 5.91 Å². The van der Waals surface area contributed by atoms with E-state index in [1.807, 2.05) is 19.1 Å². The molecule has 24 heavy (non-hydrogen) atoms. The van der Waals surface area contributed by atoms with Crippen LogP contribution in [0.1, 0.15) is 16.1 Å². The van der Waals surface area contributed by atoms with E-state index in [1.165, 1.54) is 11.0 Å². The second kappa shape index (κ2) is 6.11. The minimum Gasteiger partial charge on any atom is -0.343 e. The number of carbonyl (C=O) groups excluding carboxylic acids is 1. The van der Waals surface area contributed by atoms with Crippen molar-refractivity contribution in [2.45, 2.75) is 6.92 Å². The Morgan fingerprint density at radius 1 is 1.21 bits per heavy atom. The first kappa shape index (κ1) is 15.7. The molecule has 122 valence electrons. The van der Waals surface area contributed by atoms with Gasteiger partial charge < -0.3 is 9.88 Å². The highest BCUT2D eigenvalue weighted by atomic mass is 16.2. The molecule has 0 bridgehead atoms. The first-order chi connectivity index (χ1) is 11.5. The summed E-state index contributed by atoms with van der Waals surface area (Å²) in [4.78, 5) is 32.0. The molecule has 0 aliphatic rings. The largest absolute Gasteiger partial charge is 0.343 e. The number of aromatic amines is 1. The van der Waals surface area contributed by atoms with Crippen LogP contribution in [0.15, 0.2) is 47.5 Å². The number of hydrogen-bond donors (Lipinski definition) is 1. The molecule has 0 aliphatic carbocycles. The SMILES string of the molecule is Cc1ccc(-c2cc(C(=O)N(C)C)nn2-c2ccc(=O)[nH]c2)nc1. The van der Waals surface area contributed by atoms with Crippen LogP contribution in [0, 0.1) is 6.92 Å². The van der Waals surface area contributed by atoms with Crippen LogP contribution in [0.25, 0.3) is 17.1 Å². The van der Waals surface area contributed by atoms with Gasteiger partial charge in [0.2, 0.25) is 5.56 Å². The third-order valence-corrected chi connectivity index (χ3v) is 3.52. The van der Waals surface area contributed by atoms with Crippen molar-refractivity contribution in [2.75, 3.05) is 14.1 Å². The number of H-pyrrole nitrogens is 1. The Bertz CT molecular complexity index is 918. The molecule has 0 radical (unpaired) electrons. The van der Waals surface area contributed by atoms with Gasteiger partial charge in [0.1, 0.15) is 0 Å². The van der Waals surface area contributed by atoms with Gasteiger partial charge >= 0.3 is 0 Å². The Morgan fingerprint density at radius 2 is 2.00 bits per heavy atom. The Labute approximate surface area is 138 Å². The molecule has 0 atom stereocenters. The molecule has 0 unspecified atom stereocenters. The smallest absolute Gasteiger partial charge is 0.273 e. The summed E-state index contributed by atoms with van der Waals surface area (Å²) < 4.78 is 1.60. The maximum absolute atomic E-state index is 12.3. The minimum atomic E-state index is -0.203. The molecule has 7 heteroatoms. The molecule has 0 aromatic carbocycles. The summed E-state index contributed by atoms with van der Waals surface area (Å²) in [6, 6.07) is 8.58. The molecule has 3 aromatic rings. The maximum atomic E-state index is 12.3. The standard InChI is InChI=1S/C17H17N5O2/c1-11-4-6-13(18-9-11)15-8-14(17(24)21(2)3)20-22(15)12-5-7-16(23)19-10-12/h4-10H,1-3H3,(H,19,23). The van der Waals surface area contributed by atoms with E-state index < -0.39 is 0 Å². The van der Waals surface area contributed by atoms with E-state index in [1.54, 1.807) is 43.3 Å². The summed E-state index contributed by atoms with van der Waals surface area (Å²) in [6.45, 7) is 1.96. The van der Waals surface area contributed by atoms with Crippen molar-refractivity contribution in [1.82, 2.24) is 24.6 Å². The van der Waals surface area contributed by atoms with Crippen molar-refractivity contribution in [3.63, 3.8) is 0 Å². The zero-order chi connectivity index (χ0) is 17.3. The van der Waals surface area contributed by atoms with Gasteiger partial charge in [-0.15, -0.1) is 0 Å². The third-order valence-electron chi connectivity index (χ3n) is 3.52. The summed E-state index contributed by atoms with van der Waals surface area (Å²) in [5.41, 5.74) is 3.15. The molecule has 3 aromatic heterocycles. The zero-order valence-electron chi connectivity index (χ0n) is 13.6. The topological polar surface area (TPSA) is 83.9 Å². The lowest BCUT2D eigenvalue weighted by atomic mass is 10.2. The lowest BCUT2D eigenvalue weighted by Gasteiger charge is -2.07. The average Bonchev–Trinajstić information content (AvgIpc) is 3.00. The van der Waals surface area contributed by atoms with E-state index in [9.17, 15) is 9.59 Å². The van der Waals surface area contributed by atoms with Crippen LogP contribution >= 0.6 is 0 Å². The molecular weight excluding hydrogens is 306 g/mol. The second-order valence-corrected chi connectivity index (χ2v) is 5.66. The van der Waals surface area contributed by atoms with Crippen molar-refractivity contribution < 1.29 is 4.79 Å². The van der Waals surface area contributed by atoms with Crippen molar-refractivity contribution in [1.29, 1.82) is 0 Å². The fourth-order valence-corrected chi connectivity index (χ4v) is 2.25. The quantitative estimate of drug-likeness (QED) is 0.794. The average molecular weight is 323 g/mol. The fraction of sp³-hybridized carbons (Fsp3) is 0.176. The number of aromatic nitrogens is 4. The summed E-state index contributed by atoms with van der Waals surface area (Å²) in [5, 5.41) is 4.39. The predicted octanol–water partition coefficient (Wildman–Crippen LogP) is 1.63. The number of rotatable bonds is 3. The molecule has 3 rings (SSSR count). The van der Waals surface area contributed by atoms with E-state index >= 15 is 0 Å². The molecule has 0 saturated heterocycles. The van der Waals surface area contributed by atoms with Gasteiger partial charge in [-0.25, -0.2) is 4.68 Å². The van der Waals surface area contributed by atoms with Crippen LogP contribution in [0.5, 0.6) is 0 Å². The van der Waals surface area contributed by atoms with E-state index in [4.69, 9.17) is 0 Å². The van der Waals surface area contributed by atoms with E-state index in [0.717, 1.165) is 5.56 Å². The Kier molecular flexibility index (Phi) is 3.99. The summed E-state index contributed by atoms with van der Waals surface area (Å²) in [5.74, 6) is -0.202. The lowest BCUT2D eigenvalue weighted by Crippen LogP contribution is -2.22. The van der Waals surface area contributed by atoms with E-state index in [2.05, 4.69) is 15.1 Å². The van der Waals surface area contributed by atoms with Gasteiger partial charge in [-0.2, -0.15) is 5.10 Å². The molecule has 0 saturated carbocycles. The van der Waals surface area contributed by atoms with E-state index in [-0.39, 0.29) is 11.5 Å². The molecule has 0 spiro atoms. The van der Waals surface area contributed by atoms with Crippen molar-refractivity contribution in [3.05, 3.63) is 64.3 Å². The van der Waals surface area contributed by atoms with Gasteiger partial charge in [-0.1, -0.05) is 6.07 Å². The normalized spacial score (nSPS) is 10.6. The summed E-state index contributed by atoms with van der Waals surface area (Å²) in [6.07, 6.45) is 3.31. The molecule has 7 nitrogen and oxygen atoms in total. The Morgan fingerprint density at radius 3 is 2.58 bits per heavy atom. The number of aryl methyl sites for hydroxylation is 1. The number of carbonyl (C=O) groups is 1. The molecule has 0 aliphatic heterocycles. The summed E-state index contributed by atoms with van der Waals surface area (Å²) in [7, 11) is 3.34. The van der Waals surface area contributed by atoms with Gasteiger partial charge in [-0.3, -0.25) is 14.6 Å². The lowest BCUT2D eigenvalue weighted by molar-refractivity contribution is 0.0821. The van der Waals surface area contributed by atoms with Gasteiger partial charge in [0.05, 0.1) is 17.1 Å². The molecule has 1 N–H and O–H groups in total. The first-order valence-electron chi connectivity index (χ1n) is 7.39. The highest BCUT2D eigenvalue weighted by Crippen LogP contribution is 2.22.